The summed E-state index contributed by atoms with van der Waals surface area (Å²) in [7, 11) is 4.18. The molecule has 9 heteroatoms. The first-order valence-corrected chi connectivity index (χ1v) is 10.9. The van der Waals surface area contributed by atoms with Crippen molar-refractivity contribution in [2.24, 2.45) is 5.73 Å². The molecular weight excluding hydrogens is 429 g/mol. The van der Waals surface area contributed by atoms with E-state index in [1.165, 1.54) is 13.0 Å². The second kappa shape index (κ2) is 8.79. The molecule has 1 aliphatic heterocycles. The molecule has 1 saturated heterocycles. The highest BCUT2D eigenvalue weighted by Gasteiger charge is 2.33. The number of hydrogen-bond acceptors (Lipinski definition) is 6. The van der Waals surface area contributed by atoms with Crippen molar-refractivity contribution in [2.75, 3.05) is 37.4 Å². The van der Waals surface area contributed by atoms with Gasteiger partial charge in [0.15, 0.2) is 5.82 Å². The Labute approximate surface area is 191 Å². The fourth-order valence-electron chi connectivity index (χ4n) is 4.50. The van der Waals surface area contributed by atoms with Crippen LogP contribution in [0.3, 0.4) is 0 Å². The maximum absolute atomic E-state index is 13.4. The lowest BCUT2D eigenvalue weighted by molar-refractivity contribution is -0.138. The van der Waals surface area contributed by atoms with E-state index in [9.17, 15) is 13.2 Å². The summed E-state index contributed by atoms with van der Waals surface area (Å²) in [6.45, 7) is 5.21. The molecule has 0 unspecified atom stereocenters. The van der Waals surface area contributed by atoms with Gasteiger partial charge in [0.05, 0.1) is 11.3 Å². The van der Waals surface area contributed by atoms with Crippen LogP contribution in [0, 0.1) is 13.8 Å². The van der Waals surface area contributed by atoms with Crippen molar-refractivity contribution >= 4 is 22.3 Å². The van der Waals surface area contributed by atoms with Gasteiger partial charge in [0, 0.05) is 35.6 Å². The third kappa shape index (κ3) is 4.60. The van der Waals surface area contributed by atoms with Crippen molar-refractivity contribution in [3.63, 3.8) is 0 Å². The number of nitrogens with two attached hydrogens (primary N) is 1. The third-order valence-electron chi connectivity index (χ3n) is 6.52. The van der Waals surface area contributed by atoms with Crippen LogP contribution < -0.4 is 16.0 Å². The highest BCUT2D eigenvalue weighted by Crippen LogP contribution is 2.35. The lowest BCUT2D eigenvalue weighted by Crippen LogP contribution is -2.31. The van der Waals surface area contributed by atoms with E-state index in [2.05, 4.69) is 51.5 Å². The van der Waals surface area contributed by atoms with Crippen LogP contribution in [0.5, 0.6) is 0 Å². The number of alkyl halides is 3. The number of nitrogens with one attached hydrogen (secondary N) is 1. The van der Waals surface area contributed by atoms with Crippen molar-refractivity contribution in [2.45, 2.75) is 38.7 Å². The van der Waals surface area contributed by atoms with Gasteiger partial charge in [0.25, 0.3) is 0 Å². The Morgan fingerprint density at radius 1 is 1.12 bits per heavy atom. The number of aromatic nitrogens is 2. The van der Waals surface area contributed by atoms with Crippen LogP contribution >= 0.6 is 0 Å². The number of nitrogens with zero attached hydrogens (tertiary/aromatic N) is 4. The smallest absolute Gasteiger partial charge is 0.370 e. The lowest BCUT2D eigenvalue weighted by Gasteiger charge is -2.23. The molecule has 0 bridgehead atoms. The highest BCUT2D eigenvalue weighted by molar-refractivity contribution is 5.95. The first-order valence-electron chi connectivity index (χ1n) is 10.9. The third-order valence-corrected chi connectivity index (χ3v) is 6.52. The van der Waals surface area contributed by atoms with Crippen LogP contribution in [0.25, 0.3) is 10.8 Å². The Morgan fingerprint density at radius 2 is 1.88 bits per heavy atom. The van der Waals surface area contributed by atoms with Crippen LogP contribution in [0.4, 0.5) is 24.7 Å². The SMILES string of the molecule is Cc1c([C@@H](N)Nc2nnc(C)c3ccc(N4CC[C@H](N(C)C)C4)cc23)cccc1C(F)(F)F. The molecule has 0 saturated carbocycles. The minimum atomic E-state index is -4.44. The predicted octanol–water partition coefficient (Wildman–Crippen LogP) is 4.48. The number of likely N-dealkylation sites (N-methyl/N-ethyl adjacent to an activating group) is 1. The summed E-state index contributed by atoms with van der Waals surface area (Å²) in [4.78, 5) is 4.57. The van der Waals surface area contributed by atoms with E-state index in [0.29, 0.717) is 17.4 Å². The van der Waals surface area contributed by atoms with Crippen LogP contribution in [-0.4, -0.2) is 48.3 Å². The number of anilines is 2. The minimum Gasteiger partial charge on any atom is -0.370 e. The highest BCUT2D eigenvalue weighted by atomic mass is 19.4. The van der Waals surface area contributed by atoms with Crippen LogP contribution in [-0.2, 0) is 6.18 Å². The van der Waals surface area contributed by atoms with Crippen molar-refractivity contribution in [1.29, 1.82) is 0 Å². The van der Waals surface area contributed by atoms with Gasteiger partial charge in [0.2, 0.25) is 0 Å². The first-order chi connectivity index (χ1) is 15.6. The summed E-state index contributed by atoms with van der Waals surface area (Å²) >= 11 is 0. The molecule has 0 spiro atoms. The van der Waals surface area contributed by atoms with E-state index < -0.39 is 17.9 Å². The minimum absolute atomic E-state index is 0.0989. The van der Waals surface area contributed by atoms with Gasteiger partial charge in [-0.25, -0.2) is 0 Å². The summed E-state index contributed by atoms with van der Waals surface area (Å²) < 4.78 is 40.1. The molecule has 3 N–H and O–H groups in total. The van der Waals surface area contributed by atoms with E-state index in [1.807, 2.05) is 13.0 Å². The van der Waals surface area contributed by atoms with Crippen molar-refractivity contribution in [1.82, 2.24) is 15.1 Å². The number of benzene rings is 2. The molecular formula is C24H29F3N6. The maximum Gasteiger partial charge on any atom is 0.416 e. The molecule has 1 fully saturated rings. The van der Waals surface area contributed by atoms with Crippen LogP contribution in [0.2, 0.25) is 0 Å². The fraction of sp³-hybridized carbons (Fsp3) is 0.417. The Hall–Kier alpha value is -2.91. The normalized spacial score (nSPS) is 17.7. The van der Waals surface area contributed by atoms with Crippen molar-refractivity contribution in [3.8, 4) is 0 Å². The van der Waals surface area contributed by atoms with Gasteiger partial charge in [-0.2, -0.15) is 18.3 Å². The van der Waals surface area contributed by atoms with Crippen molar-refractivity contribution < 1.29 is 13.2 Å². The summed E-state index contributed by atoms with van der Waals surface area (Å²) in [6.07, 6.45) is -4.23. The molecule has 1 aromatic heterocycles. The van der Waals surface area contributed by atoms with Crippen LogP contribution in [0.1, 0.15) is 35.0 Å². The second-order valence-corrected chi connectivity index (χ2v) is 8.86. The summed E-state index contributed by atoms with van der Waals surface area (Å²) in [5.41, 5.74) is 7.94. The van der Waals surface area contributed by atoms with Gasteiger partial charge in [-0.15, -0.1) is 5.10 Å². The monoisotopic (exact) mass is 458 g/mol. The molecule has 33 heavy (non-hydrogen) atoms. The zero-order valence-electron chi connectivity index (χ0n) is 19.2. The van der Waals surface area contributed by atoms with Crippen molar-refractivity contribution in [3.05, 3.63) is 58.8 Å². The largest absolute Gasteiger partial charge is 0.416 e. The van der Waals surface area contributed by atoms with E-state index in [1.54, 1.807) is 6.07 Å². The molecule has 2 heterocycles. The van der Waals surface area contributed by atoms with Crippen LogP contribution in [0.15, 0.2) is 36.4 Å². The van der Waals surface area contributed by atoms with Gasteiger partial charge in [-0.3, -0.25) is 0 Å². The second-order valence-electron chi connectivity index (χ2n) is 8.86. The van der Waals surface area contributed by atoms with Gasteiger partial charge in [-0.1, -0.05) is 18.2 Å². The molecule has 0 amide bonds. The summed E-state index contributed by atoms with van der Waals surface area (Å²) in [5.74, 6) is 0.449. The molecule has 6 nitrogen and oxygen atoms in total. The maximum atomic E-state index is 13.4. The quantitative estimate of drug-likeness (QED) is 0.550. The first kappa shape index (κ1) is 23.3. The molecule has 4 rings (SSSR count). The number of halogens is 3. The Morgan fingerprint density at radius 3 is 2.55 bits per heavy atom. The molecule has 176 valence electrons. The number of rotatable bonds is 5. The Kier molecular flexibility index (Phi) is 6.20. The topological polar surface area (TPSA) is 70.3 Å². The zero-order valence-corrected chi connectivity index (χ0v) is 19.2. The van der Waals surface area contributed by atoms with E-state index in [4.69, 9.17) is 5.73 Å². The average molecular weight is 459 g/mol. The summed E-state index contributed by atoms with van der Waals surface area (Å²) in [6, 6.07) is 10.7. The summed E-state index contributed by atoms with van der Waals surface area (Å²) in [5, 5.41) is 13.4. The lowest BCUT2D eigenvalue weighted by atomic mass is 10.00. The van der Waals surface area contributed by atoms with E-state index >= 15 is 0 Å². The van der Waals surface area contributed by atoms with E-state index in [0.717, 1.165) is 47.7 Å². The number of fused-ring (bicyclic) bond motifs is 1. The average Bonchev–Trinajstić information content (AvgIpc) is 3.25. The number of hydrogen-bond donors (Lipinski definition) is 2. The van der Waals surface area contributed by atoms with Gasteiger partial charge in [0.1, 0.15) is 6.17 Å². The molecule has 3 aromatic rings. The molecule has 0 radical (unpaired) electrons. The Balaban J connectivity index is 1.68. The standard InChI is InChI=1S/C24H29F3N6/c1-14-18(6-5-7-21(14)24(25,26)27)22(28)29-23-20-12-16(8-9-19(20)15(2)30-31-23)33-11-10-17(13-33)32(3)4/h5-9,12,17,22H,10-11,13,28H2,1-4H3,(H,29,31)/t17-,22-/m0/s1. The number of aryl methyl sites for hydroxylation is 1. The van der Waals surface area contributed by atoms with Gasteiger partial charge >= 0.3 is 6.18 Å². The fourth-order valence-corrected chi connectivity index (χ4v) is 4.50. The van der Waals surface area contributed by atoms with Gasteiger partial charge < -0.3 is 20.9 Å². The van der Waals surface area contributed by atoms with E-state index in [-0.39, 0.29) is 5.56 Å². The van der Waals surface area contributed by atoms with Gasteiger partial charge in [-0.05, 0) is 63.7 Å². The molecule has 2 atom stereocenters. The molecule has 0 aliphatic carbocycles. The Bertz CT molecular complexity index is 1160. The molecule has 1 aliphatic rings. The zero-order chi connectivity index (χ0) is 23.9. The predicted molar refractivity (Wildman–Crippen MR) is 125 cm³/mol. The molecule has 2 aromatic carbocycles.